The summed E-state index contributed by atoms with van der Waals surface area (Å²) in [6.45, 7) is 10.2. The minimum Gasteiger partial charge on any atom is -0.379 e. The van der Waals surface area contributed by atoms with Gasteiger partial charge in [-0.05, 0) is 50.0 Å². The number of morpholine rings is 1. The number of hydrogen-bond donors (Lipinski definition) is 2. The average molecular weight is 530 g/mol. The molecule has 0 aliphatic carbocycles. The van der Waals surface area contributed by atoms with Crippen LogP contribution >= 0.6 is 24.0 Å². The number of nitrogens with zero attached hydrogens (tertiary/aromatic N) is 3. The molecule has 0 spiro atoms. The van der Waals surface area contributed by atoms with Crippen molar-refractivity contribution in [2.45, 2.75) is 45.2 Å². The first-order chi connectivity index (χ1) is 14.3. The normalized spacial score (nSPS) is 19.0. The van der Waals surface area contributed by atoms with Crippen LogP contribution in [0.5, 0.6) is 0 Å². The van der Waals surface area contributed by atoms with Gasteiger partial charge in [-0.25, -0.2) is 0 Å². The molecule has 170 valence electrons. The van der Waals surface area contributed by atoms with Crippen LogP contribution < -0.4 is 10.6 Å². The molecule has 2 saturated heterocycles. The smallest absolute Gasteiger partial charge is 0.191 e. The summed E-state index contributed by atoms with van der Waals surface area (Å²) < 4.78 is 5.47. The van der Waals surface area contributed by atoms with Crippen molar-refractivity contribution in [1.82, 2.24) is 20.4 Å². The Morgan fingerprint density at radius 2 is 1.63 bits per heavy atom. The van der Waals surface area contributed by atoms with E-state index in [0.29, 0.717) is 0 Å². The number of guanidine groups is 1. The molecule has 0 amide bonds. The monoisotopic (exact) mass is 529 g/mol. The standard InChI is InChI=1S/C23H39N5O.HI/c1-24-23(25-11-8-14-27-12-6-2-3-7-13-27)26-19-21-9-4-5-10-22(21)20-28-15-17-29-18-16-28;/h4-5,9-10H,2-3,6-8,11-20H2,1H3,(H2,24,25,26);1H. The van der Waals surface area contributed by atoms with Gasteiger partial charge in [0, 0.05) is 39.8 Å². The van der Waals surface area contributed by atoms with Crippen LogP contribution in [-0.2, 0) is 17.8 Å². The van der Waals surface area contributed by atoms with E-state index in [2.05, 4.69) is 49.7 Å². The van der Waals surface area contributed by atoms with Crippen molar-refractivity contribution in [2.75, 3.05) is 59.5 Å². The molecule has 3 rings (SSSR count). The van der Waals surface area contributed by atoms with Crippen molar-refractivity contribution in [2.24, 2.45) is 4.99 Å². The van der Waals surface area contributed by atoms with Crippen LogP contribution in [0.4, 0.5) is 0 Å². The quantitative estimate of drug-likeness (QED) is 0.235. The number of benzene rings is 1. The van der Waals surface area contributed by atoms with Gasteiger partial charge in [0.25, 0.3) is 0 Å². The lowest BCUT2D eigenvalue weighted by atomic mass is 10.1. The molecule has 0 saturated carbocycles. The molecule has 0 aromatic heterocycles. The zero-order valence-corrected chi connectivity index (χ0v) is 20.9. The number of rotatable bonds is 8. The van der Waals surface area contributed by atoms with E-state index in [4.69, 9.17) is 4.74 Å². The van der Waals surface area contributed by atoms with Gasteiger partial charge in [-0.15, -0.1) is 24.0 Å². The lowest BCUT2D eigenvalue weighted by molar-refractivity contribution is 0.0341. The molecule has 1 aromatic rings. The molecule has 6 nitrogen and oxygen atoms in total. The van der Waals surface area contributed by atoms with Crippen LogP contribution in [0.15, 0.2) is 29.3 Å². The topological polar surface area (TPSA) is 52.1 Å². The number of likely N-dealkylation sites (tertiary alicyclic amines) is 1. The minimum absolute atomic E-state index is 0. The molecule has 2 heterocycles. The van der Waals surface area contributed by atoms with Crippen LogP contribution in [0.3, 0.4) is 0 Å². The highest BCUT2D eigenvalue weighted by atomic mass is 127. The maximum absolute atomic E-state index is 5.47. The van der Waals surface area contributed by atoms with Gasteiger partial charge in [0.05, 0.1) is 13.2 Å². The van der Waals surface area contributed by atoms with E-state index in [0.717, 1.165) is 58.3 Å². The third-order valence-corrected chi connectivity index (χ3v) is 5.93. The largest absolute Gasteiger partial charge is 0.379 e. The Hall–Kier alpha value is -0.900. The Morgan fingerprint density at radius 3 is 2.33 bits per heavy atom. The molecule has 0 radical (unpaired) electrons. The molecule has 0 unspecified atom stereocenters. The van der Waals surface area contributed by atoms with Crippen LogP contribution in [-0.4, -0.2) is 75.3 Å². The summed E-state index contributed by atoms with van der Waals surface area (Å²) in [4.78, 5) is 9.49. The molecular formula is C23H40IN5O. The molecule has 2 fully saturated rings. The Kier molecular flexibility index (Phi) is 12.7. The summed E-state index contributed by atoms with van der Waals surface area (Å²) in [6, 6.07) is 8.71. The minimum atomic E-state index is 0. The highest BCUT2D eigenvalue weighted by Gasteiger charge is 2.13. The molecule has 2 aliphatic heterocycles. The Morgan fingerprint density at radius 1 is 0.933 bits per heavy atom. The van der Waals surface area contributed by atoms with E-state index in [1.54, 1.807) is 0 Å². The molecule has 1 aromatic carbocycles. The van der Waals surface area contributed by atoms with E-state index in [1.165, 1.54) is 56.4 Å². The van der Waals surface area contributed by atoms with Gasteiger partial charge < -0.3 is 20.3 Å². The number of ether oxygens (including phenoxy) is 1. The van der Waals surface area contributed by atoms with Crippen LogP contribution in [0.1, 0.15) is 43.2 Å². The number of halogens is 1. The van der Waals surface area contributed by atoms with Gasteiger partial charge in [0.2, 0.25) is 0 Å². The van der Waals surface area contributed by atoms with Gasteiger partial charge in [0.15, 0.2) is 5.96 Å². The molecule has 7 heteroatoms. The maximum Gasteiger partial charge on any atom is 0.191 e. The number of nitrogens with one attached hydrogen (secondary N) is 2. The first kappa shape index (κ1) is 25.4. The fourth-order valence-corrected chi connectivity index (χ4v) is 4.15. The lowest BCUT2D eigenvalue weighted by Crippen LogP contribution is -2.39. The predicted molar refractivity (Wildman–Crippen MR) is 136 cm³/mol. The Balaban J connectivity index is 0.00000320. The summed E-state index contributed by atoms with van der Waals surface area (Å²) in [7, 11) is 1.85. The Bertz CT molecular complexity index is 613. The van der Waals surface area contributed by atoms with E-state index in [9.17, 15) is 0 Å². The number of hydrogen-bond acceptors (Lipinski definition) is 4. The predicted octanol–water partition coefficient (Wildman–Crippen LogP) is 3.07. The van der Waals surface area contributed by atoms with Crippen LogP contribution in [0, 0.1) is 0 Å². The van der Waals surface area contributed by atoms with Gasteiger partial charge in [0.1, 0.15) is 0 Å². The molecule has 2 N–H and O–H groups in total. The highest BCUT2D eigenvalue weighted by molar-refractivity contribution is 14.0. The van der Waals surface area contributed by atoms with Crippen LogP contribution in [0.25, 0.3) is 0 Å². The van der Waals surface area contributed by atoms with Crippen molar-refractivity contribution in [3.63, 3.8) is 0 Å². The molecular weight excluding hydrogens is 489 g/mol. The van der Waals surface area contributed by atoms with Crippen molar-refractivity contribution in [1.29, 1.82) is 0 Å². The van der Waals surface area contributed by atoms with Gasteiger partial charge >= 0.3 is 0 Å². The lowest BCUT2D eigenvalue weighted by Gasteiger charge is -2.27. The highest BCUT2D eigenvalue weighted by Crippen LogP contribution is 2.13. The summed E-state index contributed by atoms with van der Waals surface area (Å²) in [6.07, 6.45) is 6.69. The molecule has 30 heavy (non-hydrogen) atoms. The van der Waals surface area contributed by atoms with Crippen LogP contribution in [0.2, 0.25) is 0 Å². The fraction of sp³-hybridized carbons (Fsp3) is 0.696. The third kappa shape index (κ3) is 9.08. The van der Waals surface area contributed by atoms with E-state index >= 15 is 0 Å². The van der Waals surface area contributed by atoms with E-state index in [1.807, 2.05) is 7.05 Å². The maximum atomic E-state index is 5.47. The van der Waals surface area contributed by atoms with Crippen molar-refractivity contribution in [3.8, 4) is 0 Å². The summed E-state index contributed by atoms with van der Waals surface area (Å²) in [5.74, 6) is 0.891. The second-order valence-corrected chi connectivity index (χ2v) is 8.12. The van der Waals surface area contributed by atoms with Gasteiger partial charge in [-0.2, -0.15) is 0 Å². The number of aliphatic imine (C=N–C) groups is 1. The van der Waals surface area contributed by atoms with Crippen molar-refractivity contribution in [3.05, 3.63) is 35.4 Å². The van der Waals surface area contributed by atoms with Crippen molar-refractivity contribution < 1.29 is 4.74 Å². The first-order valence-corrected chi connectivity index (χ1v) is 11.4. The first-order valence-electron chi connectivity index (χ1n) is 11.4. The third-order valence-electron chi connectivity index (χ3n) is 5.93. The summed E-state index contributed by atoms with van der Waals surface area (Å²) in [5, 5.41) is 6.97. The Labute approximate surface area is 199 Å². The summed E-state index contributed by atoms with van der Waals surface area (Å²) in [5.41, 5.74) is 2.73. The van der Waals surface area contributed by atoms with E-state index < -0.39 is 0 Å². The van der Waals surface area contributed by atoms with Gasteiger partial charge in [-0.3, -0.25) is 9.89 Å². The zero-order valence-electron chi connectivity index (χ0n) is 18.6. The fourth-order valence-electron chi connectivity index (χ4n) is 4.15. The second kappa shape index (κ2) is 15.0. The average Bonchev–Trinajstić information content (AvgIpc) is 3.04. The SMILES string of the molecule is CN=C(NCCCN1CCCCCC1)NCc1ccccc1CN1CCOCC1.I. The summed E-state index contributed by atoms with van der Waals surface area (Å²) >= 11 is 0. The molecule has 2 aliphatic rings. The molecule has 0 bridgehead atoms. The zero-order chi connectivity index (χ0) is 20.2. The molecule has 0 atom stereocenters. The second-order valence-electron chi connectivity index (χ2n) is 8.12. The van der Waals surface area contributed by atoms with E-state index in [-0.39, 0.29) is 24.0 Å². The van der Waals surface area contributed by atoms with Crippen molar-refractivity contribution >= 4 is 29.9 Å². The van der Waals surface area contributed by atoms with Gasteiger partial charge in [-0.1, -0.05) is 37.1 Å².